The molecule has 0 spiro atoms. The molecule has 0 aliphatic heterocycles. The summed E-state index contributed by atoms with van der Waals surface area (Å²) < 4.78 is 11.8. The van der Waals surface area contributed by atoms with Crippen LogP contribution in [0.25, 0.3) is 11.0 Å². The standard InChI is InChI=1S/C25H24N2O4S/c1-2-27(16-23(28)26-15-19-11-8-14-32-19)25(29)24-21(17-30-18-9-4-3-5-10-18)20-12-6-7-13-22(20)31-24/h3-14H,2,15-17H2,1H3,(H,26,28). The van der Waals surface area contributed by atoms with Crippen LogP contribution in [0, 0.1) is 0 Å². The lowest BCUT2D eigenvalue weighted by Crippen LogP contribution is -2.40. The summed E-state index contributed by atoms with van der Waals surface area (Å²) in [6, 6.07) is 20.8. The van der Waals surface area contributed by atoms with Gasteiger partial charge in [-0.3, -0.25) is 9.59 Å². The summed E-state index contributed by atoms with van der Waals surface area (Å²) in [7, 11) is 0. The minimum absolute atomic E-state index is 0.0449. The van der Waals surface area contributed by atoms with Crippen LogP contribution in [0.4, 0.5) is 0 Å². The van der Waals surface area contributed by atoms with Gasteiger partial charge in [0.05, 0.1) is 13.1 Å². The number of ether oxygens (including phenoxy) is 1. The topological polar surface area (TPSA) is 71.8 Å². The minimum Gasteiger partial charge on any atom is -0.489 e. The molecule has 32 heavy (non-hydrogen) atoms. The summed E-state index contributed by atoms with van der Waals surface area (Å²) >= 11 is 1.58. The highest BCUT2D eigenvalue weighted by atomic mass is 32.1. The van der Waals surface area contributed by atoms with Crippen molar-refractivity contribution >= 4 is 34.1 Å². The van der Waals surface area contributed by atoms with Crippen LogP contribution in [0.5, 0.6) is 5.75 Å². The van der Waals surface area contributed by atoms with Gasteiger partial charge in [0, 0.05) is 22.4 Å². The largest absolute Gasteiger partial charge is 0.489 e. The van der Waals surface area contributed by atoms with Crippen LogP contribution in [0.3, 0.4) is 0 Å². The van der Waals surface area contributed by atoms with Crippen molar-refractivity contribution < 1.29 is 18.7 Å². The Bertz CT molecular complexity index is 1190. The van der Waals surface area contributed by atoms with Gasteiger partial charge >= 0.3 is 0 Å². The monoisotopic (exact) mass is 448 g/mol. The Morgan fingerprint density at radius 2 is 1.81 bits per heavy atom. The summed E-state index contributed by atoms with van der Waals surface area (Å²) in [6.45, 7) is 2.80. The fourth-order valence-electron chi connectivity index (χ4n) is 3.39. The summed E-state index contributed by atoms with van der Waals surface area (Å²) in [5.74, 6) is 0.361. The Morgan fingerprint density at radius 3 is 2.56 bits per heavy atom. The average molecular weight is 449 g/mol. The zero-order valence-corrected chi connectivity index (χ0v) is 18.6. The molecule has 0 saturated heterocycles. The maximum Gasteiger partial charge on any atom is 0.290 e. The van der Waals surface area contributed by atoms with Crippen LogP contribution in [-0.2, 0) is 17.9 Å². The lowest BCUT2D eigenvalue weighted by atomic mass is 10.1. The summed E-state index contributed by atoms with van der Waals surface area (Å²) in [6.07, 6.45) is 0. The highest BCUT2D eigenvalue weighted by molar-refractivity contribution is 7.09. The summed E-state index contributed by atoms with van der Waals surface area (Å²) in [4.78, 5) is 28.3. The van der Waals surface area contributed by atoms with Crippen molar-refractivity contribution in [2.75, 3.05) is 13.1 Å². The molecule has 0 atom stereocenters. The van der Waals surface area contributed by atoms with E-state index in [0.29, 0.717) is 30.0 Å². The van der Waals surface area contributed by atoms with Crippen molar-refractivity contribution in [3.8, 4) is 5.75 Å². The molecule has 0 aliphatic carbocycles. The van der Waals surface area contributed by atoms with E-state index in [0.717, 1.165) is 10.3 Å². The molecule has 0 fully saturated rings. The van der Waals surface area contributed by atoms with Gasteiger partial charge < -0.3 is 19.4 Å². The van der Waals surface area contributed by atoms with Crippen LogP contribution in [0.2, 0.25) is 0 Å². The molecule has 0 unspecified atom stereocenters. The first-order chi connectivity index (χ1) is 15.7. The number of carbonyl (C=O) groups excluding carboxylic acids is 2. The third-order valence-electron chi connectivity index (χ3n) is 5.06. The van der Waals surface area contributed by atoms with Gasteiger partial charge in [0.15, 0.2) is 5.76 Å². The Hall–Kier alpha value is -3.58. The number of rotatable bonds is 9. The van der Waals surface area contributed by atoms with Gasteiger partial charge in [0.1, 0.15) is 17.9 Å². The number of carbonyl (C=O) groups is 2. The van der Waals surface area contributed by atoms with Crippen molar-refractivity contribution in [2.24, 2.45) is 0 Å². The van der Waals surface area contributed by atoms with Crippen LogP contribution in [0.15, 0.2) is 76.5 Å². The van der Waals surface area contributed by atoms with Crippen LogP contribution in [-0.4, -0.2) is 29.8 Å². The molecule has 2 aromatic heterocycles. The fraction of sp³-hybridized carbons (Fsp3) is 0.200. The quantitative estimate of drug-likeness (QED) is 0.397. The number of hydrogen-bond acceptors (Lipinski definition) is 5. The Kier molecular flexibility index (Phi) is 6.87. The van der Waals surface area contributed by atoms with Crippen molar-refractivity contribution in [3.63, 3.8) is 0 Å². The second kappa shape index (κ2) is 10.2. The van der Waals surface area contributed by atoms with E-state index in [4.69, 9.17) is 9.15 Å². The third kappa shape index (κ3) is 5.00. The maximum atomic E-state index is 13.3. The predicted molar refractivity (Wildman–Crippen MR) is 125 cm³/mol. The van der Waals surface area contributed by atoms with E-state index in [2.05, 4.69) is 5.32 Å². The molecule has 164 valence electrons. The van der Waals surface area contributed by atoms with Gasteiger partial charge in [0.2, 0.25) is 5.91 Å². The molecule has 2 heterocycles. The number of nitrogens with one attached hydrogen (secondary N) is 1. The molecule has 0 radical (unpaired) electrons. The number of benzene rings is 2. The van der Waals surface area contributed by atoms with E-state index in [1.54, 1.807) is 11.3 Å². The Labute approximate surface area is 190 Å². The Morgan fingerprint density at radius 1 is 1.03 bits per heavy atom. The average Bonchev–Trinajstić information content (AvgIpc) is 3.48. The van der Waals surface area contributed by atoms with Gasteiger partial charge in [-0.2, -0.15) is 0 Å². The number of thiophene rings is 1. The van der Waals surface area contributed by atoms with Gasteiger partial charge in [-0.25, -0.2) is 0 Å². The lowest BCUT2D eigenvalue weighted by Gasteiger charge is -2.20. The third-order valence-corrected chi connectivity index (χ3v) is 5.94. The molecule has 2 amide bonds. The van der Waals surface area contributed by atoms with E-state index in [1.807, 2.05) is 79.0 Å². The van der Waals surface area contributed by atoms with Crippen molar-refractivity contribution in [2.45, 2.75) is 20.1 Å². The fourth-order valence-corrected chi connectivity index (χ4v) is 4.03. The second-order valence-electron chi connectivity index (χ2n) is 7.18. The molecular formula is C25H24N2O4S. The van der Waals surface area contributed by atoms with Crippen molar-refractivity contribution in [1.29, 1.82) is 0 Å². The summed E-state index contributed by atoms with van der Waals surface area (Å²) in [5, 5.41) is 5.65. The van der Waals surface area contributed by atoms with E-state index in [-0.39, 0.29) is 30.7 Å². The zero-order valence-electron chi connectivity index (χ0n) is 17.7. The zero-order chi connectivity index (χ0) is 22.3. The molecule has 4 rings (SSSR count). The minimum atomic E-state index is -0.332. The van der Waals surface area contributed by atoms with E-state index >= 15 is 0 Å². The Balaban J connectivity index is 1.52. The number of likely N-dealkylation sites (N-methyl/N-ethyl adjacent to an activating group) is 1. The second-order valence-corrected chi connectivity index (χ2v) is 8.22. The number of para-hydroxylation sites is 2. The van der Waals surface area contributed by atoms with Gasteiger partial charge in [0.25, 0.3) is 5.91 Å². The van der Waals surface area contributed by atoms with E-state index < -0.39 is 0 Å². The van der Waals surface area contributed by atoms with Gasteiger partial charge in [-0.1, -0.05) is 42.5 Å². The molecule has 4 aromatic rings. The number of fused-ring (bicyclic) bond motifs is 1. The number of furan rings is 1. The lowest BCUT2D eigenvalue weighted by molar-refractivity contribution is -0.121. The molecule has 7 heteroatoms. The highest BCUT2D eigenvalue weighted by Crippen LogP contribution is 2.28. The van der Waals surface area contributed by atoms with Crippen LogP contribution >= 0.6 is 11.3 Å². The SMILES string of the molecule is CCN(CC(=O)NCc1cccs1)C(=O)c1oc2ccccc2c1COc1ccccc1. The number of hydrogen-bond donors (Lipinski definition) is 1. The highest BCUT2D eigenvalue weighted by Gasteiger charge is 2.26. The molecule has 2 aromatic carbocycles. The smallest absolute Gasteiger partial charge is 0.290 e. The first kappa shape index (κ1) is 21.6. The molecule has 0 bridgehead atoms. The molecule has 0 aliphatic rings. The molecule has 6 nitrogen and oxygen atoms in total. The van der Waals surface area contributed by atoms with Crippen LogP contribution < -0.4 is 10.1 Å². The molecule has 0 saturated carbocycles. The normalized spacial score (nSPS) is 10.8. The molecular weight excluding hydrogens is 424 g/mol. The van der Waals surface area contributed by atoms with Gasteiger partial charge in [-0.05, 0) is 36.6 Å². The number of amides is 2. The van der Waals surface area contributed by atoms with E-state index in [1.165, 1.54) is 4.90 Å². The first-order valence-corrected chi connectivity index (χ1v) is 11.3. The first-order valence-electron chi connectivity index (χ1n) is 10.4. The van der Waals surface area contributed by atoms with Gasteiger partial charge in [-0.15, -0.1) is 11.3 Å². The van der Waals surface area contributed by atoms with E-state index in [9.17, 15) is 9.59 Å². The van der Waals surface area contributed by atoms with Crippen LogP contribution in [0.1, 0.15) is 27.9 Å². The number of nitrogens with zero attached hydrogens (tertiary/aromatic N) is 1. The maximum absolute atomic E-state index is 13.3. The molecule has 1 N–H and O–H groups in total. The predicted octanol–water partition coefficient (Wildman–Crippen LogP) is 4.85. The summed E-state index contributed by atoms with van der Waals surface area (Å²) in [5.41, 5.74) is 1.28. The van der Waals surface area contributed by atoms with Crippen molar-refractivity contribution in [1.82, 2.24) is 10.2 Å². The van der Waals surface area contributed by atoms with Crippen molar-refractivity contribution in [3.05, 3.63) is 88.3 Å².